The third kappa shape index (κ3) is 2.93. The molecule has 1 aromatic carbocycles. The maximum Gasteiger partial charge on any atom is 0.0281 e. The van der Waals surface area contributed by atoms with Gasteiger partial charge in [-0.05, 0) is 55.2 Å². The fourth-order valence-corrected chi connectivity index (χ4v) is 3.29. The van der Waals surface area contributed by atoms with Crippen LogP contribution in [0.4, 0.5) is 0 Å². The van der Waals surface area contributed by atoms with Crippen LogP contribution in [0.3, 0.4) is 0 Å². The predicted octanol–water partition coefficient (Wildman–Crippen LogP) is 3.11. The molecule has 0 spiro atoms. The van der Waals surface area contributed by atoms with E-state index in [1.165, 1.54) is 36.0 Å². The molecule has 3 unspecified atom stereocenters. The van der Waals surface area contributed by atoms with Crippen molar-refractivity contribution in [1.29, 1.82) is 0 Å². The van der Waals surface area contributed by atoms with Crippen LogP contribution < -0.4 is 11.3 Å². The van der Waals surface area contributed by atoms with Gasteiger partial charge in [-0.3, -0.25) is 11.3 Å². The molecule has 18 heavy (non-hydrogen) atoms. The van der Waals surface area contributed by atoms with Gasteiger partial charge in [0.2, 0.25) is 0 Å². The Morgan fingerprint density at radius 1 is 1.28 bits per heavy atom. The van der Waals surface area contributed by atoms with Crippen LogP contribution >= 0.6 is 0 Å². The van der Waals surface area contributed by atoms with Gasteiger partial charge in [-0.2, -0.15) is 0 Å². The molecule has 2 heteroatoms. The van der Waals surface area contributed by atoms with Gasteiger partial charge in [0.15, 0.2) is 0 Å². The van der Waals surface area contributed by atoms with Crippen LogP contribution in [0.5, 0.6) is 0 Å². The summed E-state index contributed by atoms with van der Waals surface area (Å²) in [7, 11) is 0. The highest BCUT2D eigenvalue weighted by molar-refractivity contribution is 5.30. The van der Waals surface area contributed by atoms with E-state index in [0.29, 0.717) is 6.04 Å². The van der Waals surface area contributed by atoms with Gasteiger partial charge in [0, 0.05) is 6.04 Å². The van der Waals surface area contributed by atoms with Crippen LogP contribution in [0.15, 0.2) is 18.2 Å². The van der Waals surface area contributed by atoms with Crippen molar-refractivity contribution in [1.82, 2.24) is 5.43 Å². The SMILES string of the molecule is Cc1ccc(CC(NN)C2CCCC2C)cc1C. The molecule has 0 heterocycles. The van der Waals surface area contributed by atoms with E-state index < -0.39 is 0 Å². The number of hydrazine groups is 1. The highest BCUT2D eigenvalue weighted by Crippen LogP contribution is 2.34. The molecule has 2 rings (SSSR count). The molecular weight excluding hydrogens is 220 g/mol. The molecule has 0 radical (unpaired) electrons. The highest BCUT2D eigenvalue weighted by atomic mass is 15.2. The molecular formula is C16H26N2. The van der Waals surface area contributed by atoms with Gasteiger partial charge in [0.25, 0.3) is 0 Å². The first kappa shape index (κ1) is 13.6. The lowest BCUT2D eigenvalue weighted by molar-refractivity contribution is 0.297. The third-order valence-electron chi connectivity index (χ3n) is 4.69. The molecule has 1 fully saturated rings. The molecule has 3 N–H and O–H groups in total. The summed E-state index contributed by atoms with van der Waals surface area (Å²) >= 11 is 0. The average molecular weight is 246 g/mol. The van der Waals surface area contributed by atoms with Crippen LogP contribution in [-0.4, -0.2) is 6.04 Å². The molecule has 0 saturated heterocycles. The van der Waals surface area contributed by atoms with E-state index in [1.54, 1.807) is 0 Å². The van der Waals surface area contributed by atoms with E-state index in [2.05, 4.69) is 44.4 Å². The second-order valence-electron chi connectivity index (χ2n) is 5.97. The Labute approximate surface area is 111 Å². The standard InChI is InChI=1S/C16H26N2/c1-11-7-8-14(9-13(11)3)10-16(18-17)15-6-4-5-12(15)2/h7-9,12,15-16,18H,4-6,10,17H2,1-3H3. The van der Waals surface area contributed by atoms with Gasteiger partial charge in [0.1, 0.15) is 0 Å². The van der Waals surface area contributed by atoms with E-state index in [9.17, 15) is 0 Å². The largest absolute Gasteiger partial charge is 0.271 e. The Hall–Kier alpha value is -0.860. The van der Waals surface area contributed by atoms with Crippen molar-refractivity contribution in [3.05, 3.63) is 34.9 Å². The summed E-state index contributed by atoms with van der Waals surface area (Å²) < 4.78 is 0. The monoisotopic (exact) mass is 246 g/mol. The minimum Gasteiger partial charge on any atom is -0.271 e. The molecule has 1 aliphatic rings. The zero-order valence-corrected chi connectivity index (χ0v) is 11.9. The zero-order chi connectivity index (χ0) is 13.1. The summed E-state index contributed by atoms with van der Waals surface area (Å²) in [5.41, 5.74) is 7.20. The van der Waals surface area contributed by atoms with Crippen molar-refractivity contribution < 1.29 is 0 Å². The lowest BCUT2D eigenvalue weighted by atomic mass is 9.86. The fraction of sp³-hybridized carbons (Fsp3) is 0.625. The first-order chi connectivity index (χ1) is 8.61. The van der Waals surface area contributed by atoms with Crippen molar-refractivity contribution in [2.45, 2.75) is 52.5 Å². The molecule has 0 bridgehead atoms. The first-order valence-electron chi connectivity index (χ1n) is 7.14. The van der Waals surface area contributed by atoms with Crippen LogP contribution in [0, 0.1) is 25.7 Å². The van der Waals surface area contributed by atoms with Gasteiger partial charge in [0.05, 0.1) is 0 Å². The quantitative estimate of drug-likeness (QED) is 0.633. The van der Waals surface area contributed by atoms with Crippen molar-refractivity contribution in [2.75, 3.05) is 0 Å². The van der Waals surface area contributed by atoms with Crippen molar-refractivity contribution >= 4 is 0 Å². The van der Waals surface area contributed by atoms with Gasteiger partial charge < -0.3 is 0 Å². The normalized spacial score (nSPS) is 25.3. The smallest absolute Gasteiger partial charge is 0.0281 e. The maximum absolute atomic E-state index is 5.78. The highest BCUT2D eigenvalue weighted by Gasteiger charge is 2.30. The molecule has 0 aromatic heterocycles. The van der Waals surface area contributed by atoms with Gasteiger partial charge >= 0.3 is 0 Å². The minimum absolute atomic E-state index is 0.421. The number of nitrogens with two attached hydrogens (primary N) is 1. The number of rotatable bonds is 4. The van der Waals surface area contributed by atoms with Crippen LogP contribution in [-0.2, 0) is 6.42 Å². The Morgan fingerprint density at radius 2 is 2.06 bits per heavy atom. The lowest BCUT2D eigenvalue weighted by Crippen LogP contribution is -2.43. The summed E-state index contributed by atoms with van der Waals surface area (Å²) in [6.07, 6.45) is 5.08. The number of hydrogen-bond donors (Lipinski definition) is 2. The first-order valence-corrected chi connectivity index (χ1v) is 7.14. The van der Waals surface area contributed by atoms with E-state index >= 15 is 0 Å². The molecule has 1 aliphatic carbocycles. The number of hydrogen-bond acceptors (Lipinski definition) is 2. The average Bonchev–Trinajstić information content (AvgIpc) is 2.77. The summed E-state index contributed by atoms with van der Waals surface area (Å²) in [5, 5.41) is 0. The van der Waals surface area contributed by atoms with Crippen LogP contribution in [0.25, 0.3) is 0 Å². The van der Waals surface area contributed by atoms with E-state index in [1.807, 2.05) is 0 Å². The second-order valence-corrected chi connectivity index (χ2v) is 5.97. The number of nitrogens with one attached hydrogen (secondary N) is 1. The van der Waals surface area contributed by atoms with Crippen molar-refractivity contribution in [2.24, 2.45) is 17.7 Å². The zero-order valence-electron chi connectivity index (χ0n) is 11.9. The summed E-state index contributed by atoms with van der Waals surface area (Å²) in [6, 6.07) is 7.19. The van der Waals surface area contributed by atoms with Gasteiger partial charge in [-0.15, -0.1) is 0 Å². The molecule has 2 nitrogen and oxygen atoms in total. The van der Waals surface area contributed by atoms with Crippen molar-refractivity contribution in [3.63, 3.8) is 0 Å². The predicted molar refractivity (Wildman–Crippen MR) is 77.2 cm³/mol. The third-order valence-corrected chi connectivity index (χ3v) is 4.69. The molecule has 1 aromatic rings. The topological polar surface area (TPSA) is 38.0 Å². The second kappa shape index (κ2) is 5.85. The van der Waals surface area contributed by atoms with E-state index in [-0.39, 0.29) is 0 Å². The Bertz CT molecular complexity index is 400. The summed E-state index contributed by atoms with van der Waals surface area (Å²) in [5.74, 6) is 7.32. The molecule has 0 aliphatic heterocycles. The minimum atomic E-state index is 0.421. The Balaban J connectivity index is 2.07. The van der Waals surface area contributed by atoms with Crippen LogP contribution in [0.2, 0.25) is 0 Å². The Kier molecular flexibility index (Phi) is 4.41. The Morgan fingerprint density at radius 3 is 2.61 bits per heavy atom. The lowest BCUT2D eigenvalue weighted by Gasteiger charge is -2.26. The van der Waals surface area contributed by atoms with Crippen LogP contribution in [0.1, 0.15) is 42.9 Å². The maximum atomic E-state index is 5.78. The molecule has 100 valence electrons. The van der Waals surface area contributed by atoms with Gasteiger partial charge in [-0.1, -0.05) is 38.0 Å². The molecule has 3 atom stereocenters. The summed E-state index contributed by atoms with van der Waals surface area (Å²) in [6.45, 7) is 6.71. The van der Waals surface area contributed by atoms with Crippen molar-refractivity contribution in [3.8, 4) is 0 Å². The molecule has 1 saturated carbocycles. The summed E-state index contributed by atoms with van der Waals surface area (Å²) in [4.78, 5) is 0. The number of aryl methyl sites for hydroxylation is 2. The van der Waals surface area contributed by atoms with E-state index in [4.69, 9.17) is 5.84 Å². The van der Waals surface area contributed by atoms with Gasteiger partial charge in [-0.25, -0.2) is 0 Å². The number of benzene rings is 1. The fourth-order valence-electron chi connectivity index (χ4n) is 3.29. The molecule has 0 amide bonds. The van der Waals surface area contributed by atoms with E-state index in [0.717, 1.165) is 18.3 Å².